The minimum absolute atomic E-state index is 0.180. The van der Waals surface area contributed by atoms with E-state index in [9.17, 15) is 4.79 Å². The van der Waals surface area contributed by atoms with Crippen molar-refractivity contribution in [2.45, 2.75) is 64.0 Å². The smallest absolute Gasteiger partial charge is 0.239 e. The van der Waals surface area contributed by atoms with Crippen LogP contribution in [0, 0.1) is 23.7 Å². The SMILES string of the molecule is CCCC(N)C(=O)N(C)C1C2CC3CC(C2)CC1C3. The van der Waals surface area contributed by atoms with Gasteiger partial charge in [0, 0.05) is 13.1 Å². The molecule has 3 nitrogen and oxygen atoms in total. The molecule has 2 N–H and O–H groups in total. The molecule has 0 spiro atoms. The molecule has 4 aliphatic rings. The van der Waals surface area contributed by atoms with Gasteiger partial charge < -0.3 is 10.6 Å². The standard InChI is InChI=1S/C16H28N2O/c1-3-4-14(17)16(19)18(2)15-12-6-10-5-11(8-12)9-13(15)7-10/h10-15H,3-9,17H2,1-2H3. The largest absolute Gasteiger partial charge is 0.341 e. The molecular weight excluding hydrogens is 236 g/mol. The Balaban J connectivity index is 1.70. The van der Waals surface area contributed by atoms with Crippen molar-refractivity contribution in [1.82, 2.24) is 4.90 Å². The van der Waals surface area contributed by atoms with E-state index in [0.717, 1.165) is 36.5 Å². The van der Waals surface area contributed by atoms with Crippen LogP contribution >= 0.6 is 0 Å². The van der Waals surface area contributed by atoms with E-state index in [1.54, 1.807) is 0 Å². The maximum Gasteiger partial charge on any atom is 0.239 e. The topological polar surface area (TPSA) is 46.3 Å². The van der Waals surface area contributed by atoms with Crippen molar-refractivity contribution >= 4 is 5.91 Å². The van der Waals surface area contributed by atoms with Gasteiger partial charge in [0.05, 0.1) is 6.04 Å². The van der Waals surface area contributed by atoms with E-state index in [0.29, 0.717) is 6.04 Å². The summed E-state index contributed by atoms with van der Waals surface area (Å²) in [4.78, 5) is 14.5. The zero-order valence-corrected chi connectivity index (χ0v) is 12.3. The van der Waals surface area contributed by atoms with Crippen LogP contribution in [0.5, 0.6) is 0 Å². The summed E-state index contributed by atoms with van der Waals surface area (Å²) in [6.07, 6.45) is 8.71. The number of nitrogens with two attached hydrogens (primary N) is 1. The molecule has 1 amide bonds. The minimum Gasteiger partial charge on any atom is -0.341 e. The van der Waals surface area contributed by atoms with Gasteiger partial charge in [-0.1, -0.05) is 13.3 Å². The highest BCUT2D eigenvalue weighted by atomic mass is 16.2. The Morgan fingerprint density at radius 1 is 1.16 bits per heavy atom. The Kier molecular flexibility index (Phi) is 3.59. The summed E-state index contributed by atoms with van der Waals surface area (Å²) in [5.41, 5.74) is 6.03. The number of carbonyl (C=O) groups is 1. The number of rotatable bonds is 4. The zero-order chi connectivity index (χ0) is 13.6. The normalized spacial score (nSPS) is 41.3. The molecule has 0 radical (unpaired) electrons. The molecule has 0 aliphatic heterocycles. The number of hydrogen-bond donors (Lipinski definition) is 1. The van der Waals surface area contributed by atoms with E-state index in [-0.39, 0.29) is 11.9 Å². The Labute approximate surface area is 116 Å². The van der Waals surface area contributed by atoms with Gasteiger partial charge in [0.2, 0.25) is 5.91 Å². The summed E-state index contributed by atoms with van der Waals surface area (Å²) in [6, 6.07) is 0.204. The summed E-state index contributed by atoms with van der Waals surface area (Å²) in [7, 11) is 2.00. The van der Waals surface area contributed by atoms with Gasteiger partial charge in [-0.15, -0.1) is 0 Å². The summed E-state index contributed by atoms with van der Waals surface area (Å²) >= 11 is 0. The van der Waals surface area contributed by atoms with E-state index in [1.165, 1.54) is 32.1 Å². The molecule has 0 heterocycles. The molecule has 4 aliphatic carbocycles. The maximum absolute atomic E-state index is 12.5. The molecule has 1 unspecified atom stereocenters. The van der Waals surface area contributed by atoms with Gasteiger partial charge in [0.25, 0.3) is 0 Å². The second-order valence-corrected chi connectivity index (χ2v) is 7.27. The van der Waals surface area contributed by atoms with Gasteiger partial charge in [-0.25, -0.2) is 0 Å². The molecule has 0 aromatic carbocycles. The molecule has 0 saturated heterocycles. The molecule has 4 fully saturated rings. The van der Waals surface area contributed by atoms with Crippen LogP contribution in [0.4, 0.5) is 0 Å². The van der Waals surface area contributed by atoms with Crippen LogP contribution in [0.15, 0.2) is 0 Å². The molecular formula is C16H28N2O. The second kappa shape index (κ2) is 5.08. The predicted molar refractivity (Wildman–Crippen MR) is 76.5 cm³/mol. The highest BCUT2D eigenvalue weighted by Crippen LogP contribution is 2.54. The third-order valence-electron chi connectivity index (χ3n) is 5.89. The van der Waals surface area contributed by atoms with Gasteiger partial charge in [-0.3, -0.25) is 4.79 Å². The first-order chi connectivity index (χ1) is 9.10. The number of likely N-dealkylation sites (N-methyl/N-ethyl adjacent to an activating group) is 1. The molecule has 1 atom stereocenters. The van der Waals surface area contributed by atoms with Gasteiger partial charge in [0.1, 0.15) is 0 Å². The average Bonchev–Trinajstić information content (AvgIpc) is 2.36. The van der Waals surface area contributed by atoms with Crippen molar-refractivity contribution in [3.8, 4) is 0 Å². The zero-order valence-electron chi connectivity index (χ0n) is 12.3. The van der Waals surface area contributed by atoms with Gasteiger partial charge in [-0.05, 0) is 62.2 Å². The lowest BCUT2D eigenvalue weighted by atomic mass is 9.54. The fraction of sp³-hybridized carbons (Fsp3) is 0.938. The Bertz CT molecular complexity index is 327. The van der Waals surface area contributed by atoms with Crippen LogP contribution in [0.2, 0.25) is 0 Å². The van der Waals surface area contributed by atoms with Crippen molar-refractivity contribution in [1.29, 1.82) is 0 Å². The molecule has 0 aromatic rings. The summed E-state index contributed by atoms with van der Waals surface area (Å²) in [5, 5.41) is 0. The van der Waals surface area contributed by atoms with Crippen molar-refractivity contribution in [3.63, 3.8) is 0 Å². The highest BCUT2D eigenvalue weighted by molar-refractivity contribution is 5.81. The van der Waals surface area contributed by atoms with Crippen LogP contribution in [0.25, 0.3) is 0 Å². The number of amides is 1. The lowest BCUT2D eigenvalue weighted by Gasteiger charge is -2.56. The first-order valence-corrected chi connectivity index (χ1v) is 8.12. The Hall–Kier alpha value is -0.570. The average molecular weight is 264 g/mol. The first-order valence-electron chi connectivity index (χ1n) is 8.12. The van der Waals surface area contributed by atoms with E-state index in [1.807, 2.05) is 11.9 Å². The van der Waals surface area contributed by atoms with Crippen molar-refractivity contribution in [2.24, 2.45) is 29.4 Å². The van der Waals surface area contributed by atoms with Gasteiger partial charge in [0.15, 0.2) is 0 Å². The Morgan fingerprint density at radius 3 is 2.16 bits per heavy atom. The monoisotopic (exact) mass is 264 g/mol. The molecule has 108 valence electrons. The molecule has 4 bridgehead atoms. The van der Waals surface area contributed by atoms with Crippen LogP contribution in [-0.2, 0) is 4.79 Å². The van der Waals surface area contributed by atoms with Crippen LogP contribution < -0.4 is 5.73 Å². The molecule has 3 heteroatoms. The quantitative estimate of drug-likeness (QED) is 0.847. The lowest BCUT2D eigenvalue weighted by Crippen LogP contribution is -2.58. The minimum atomic E-state index is -0.285. The molecule has 19 heavy (non-hydrogen) atoms. The molecule has 0 aromatic heterocycles. The second-order valence-electron chi connectivity index (χ2n) is 7.27. The highest BCUT2D eigenvalue weighted by Gasteiger charge is 2.50. The molecule has 4 saturated carbocycles. The fourth-order valence-corrected chi connectivity index (χ4v) is 5.37. The summed E-state index contributed by atoms with van der Waals surface area (Å²) in [6.45, 7) is 2.09. The first kappa shape index (κ1) is 13.4. The van der Waals surface area contributed by atoms with E-state index in [4.69, 9.17) is 5.73 Å². The van der Waals surface area contributed by atoms with Crippen LogP contribution in [-0.4, -0.2) is 29.9 Å². The van der Waals surface area contributed by atoms with E-state index in [2.05, 4.69) is 6.92 Å². The van der Waals surface area contributed by atoms with Crippen molar-refractivity contribution in [2.75, 3.05) is 7.05 Å². The summed E-state index contributed by atoms with van der Waals surface area (Å²) < 4.78 is 0. The number of nitrogens with zero attached hydrogens (tertiary/aromatic N) is 1. The third-order valence-corrected chi connectivity index (χ3v) is 5.89. The van der Waals surface area contributed by atoms with Gasteiger partial charge in [-0.2, -0.15) is 0 Å². The van der Waals surface area contributed by atoms with E-state index < -0.39 is 0 Å². The number of carbonyl (C=O) groups excluding carboxylic acids is 1. The van der Waals surface area contributed by atoms with Crippen LogP contribution in [0.3, 0.4) is 0 Å². The lowest BCUT2D eigenvalue weighted by molar-refractivity contribution is -0.142. The fourth-order valence-electron chi connectivity index (χ4n) is 5.37. The Morgan fingerprint density at radius 2 is 1.68 bits per heavy atom. The maximum atomic E-state index is 12.5. The van der Waals surface area contributed by atoms with E-state index >= 15 is 0 Å². The third kappa shape index (κ3) is 2.31. The van der Waals surface area contributed by atoms with Crippen molar-refractivity contribution < 1.29 is 4.79 Å². The summed E-state index contributed by atoms with van der Waals surface area (Å²) in [5.74, 6) is 3.63. The van der Waals surface area contributed by atoms with Crippen molar-refractivity contribution in [3.05, 3.63) is 0 Å². The molecule has 4 rings (SSSR count). The number of hydrogen-bond acceptors (Lipinski definition) is 2. The predicted octanol–water partition coefficient (Wildman–Crippen LogP) is 2.40. The van der Waals surface area contributed by atoms with Crippen LogP contribution in [0.1, 0.15) is 51.9 Å². The van der Waals surface area contributed by atoms with Gasteiger partial charge >= 0.3 is 0 Å².